The molecule has 0 heterocycles. The third-order valence-corrected chi connectivity index (χ3v) is 2.06. The summed E-state index contributed by atoms with van der Waals surface area (Å²) < 4.78 is 0. The second-order valence-electron chi connectivity index (χ2n) is 3.15. The Morgan fingerprint density at radius 3 is 2.60 bits per heavy atom. The molecule has 0 aromatic carbocycles. The fourth-order valence-corrected chi connectivity index (χ4v) is 1.19. The minimum Gasteiger partial charge on any atom is -0.151 e. The standard InChI is InChI=1S/C8H15NO/c10-9-7-3-1-2-4-8-5-6-8/h8H,1-7H2. The molecule has 0 saturated heterocycles. The molecule has 0 spiro atoms. The van der Waals surface area contributed by atoms with Crippen LogP contribution in [-0.2, 0) is 0 Å². The third kappa shape index (κ3) is 3.59. The maximum Gasteiger partial charge on any atom is 0.0811 e. The zero-order valence-corrected chi connectivity index (χ0v) is 6.38. The van der Waals surface area contributed by atoms with Gasteiger partial charge in [-0.1, -0.05) is 37.3 Å². The molecule has 1 fully saturated rings. The van der Waals surface area contributed by atoms with Gasteiger partial charge in [0, 0.05) is 0 Å². The normalized spacial score (nSPS) is 17.2. The van der Waals surface area contributed by atoms with Gasteiger partial charge in [0.2, 0.25) is 0 Å². The number of nitrogens with zero attached hydrogens (tertiary/aromatic N) is 1. The van der Waals surface area contributed by atoms with E-state index in [1.165, 1.54) is 32.1 Å². The highest BCUT2D eigenvalue weighted by molar-refractivity contribution is 4.72. The number of hydrogen-bond acceptors (Lipinski definition) is 2. The molecule has 58 valence electrons. The Morgan fingerprint density at radius 2 is 2.00 bits per heavy atom. The molecule has 2 heteroatoms. The predicted molar refractivity (Wildman–Crippen MR) is 41.9 cm³/mol. The van der Waals surface area contributed by atoms with Crippen LogP contribution in [0.5, 0.6) is 0 Å². The van der Waals surface area contributed by atoms with E-state index in [1.807, 2.05) is 0 Å². The topological polar surface area (TPSA) is 29.4 Å². The second-order valence-corrected chi connectivity index (χ2v) is 3.15. The summed E-state index contributed by atoms with van der Waals surface area (Å²) in [6, 6.07) is 0. The van der Waals surface area contributed by atoms with E-state index in [2.05, 4.69) is 5.18 Å². The van der Waals surface area contributed by atoms with Crippen LogP contribution < -0.4 is 0 Å². The van der Waals surface area contributed by atoms with E-state index in [9.17, 15) is 4.91 Å². The average Bonchev–Trinajstić information content (AvgIpc) is 2.71. The first-order valence-corrected chi connectivity index (χ1v) is 4.22. The molecule has 0 atom stereocenters. The predicted octanol–water partition coefficient (Wildman–Crippen LogP) is 2.72. The first-order chi connectivity index (χ1) is 4.93. The molecule has 1 rings (SSSR count). The average molecular weight is 141 g/mol. The lowest BCUT2D eigenvalue weighted by molar-refractivity contribution is 0.607. The summed E-state index contributed by atoms with van der Waals surface area (Å²) in [5.41, 5.74) is 0. The minimum atomic E-state index is 0.519. The van der Waals surface area contributed by atoms with Crippen LogP contribution in [0.1, 0.15) is 38.5 Å². The molecule has 10 heavy (non-hydrogen) atoms. The first-order valence-electron chi connectivity index (χ1n) is 4.22. The smallest absolute Gasteiger partial charge is 0.0811 e. The molecular weight excluding hydrogens is 126 g/mol. The highest BCUT2D eigenvalue weighted by Crippen LogP contribution is 2.33. The van der Waals surface area contributed by atoms with Gasteiger partial charge in [-0.25, -0.2) is 0 Å². The van der Waals surface area contributed by atoms with Gasteiger partial charge in [0.15, 0.2) is 0 Å². The Labute approximate surface area is 62.0 Å². The quantitative estimate of drug-likeness (QED) is 0.413. The van der Waals surface area contributed by atoms with Crippen LogP contribution in [0.3, 0.4) is 0 Å². The van der Waals surface area contributed by atoms with Crippen LogP contribution in [0.2, 0.25) is 0 Å². The molecule has 0 unspecified atom stereocenters. The van der Waals surface area contributed by atoms with Gasteiger partial charge in [0.05, 0.1) is 6.54 Å². The molecule has 1 aliphatic carbocycles. The maximum atomic E-state index is 9.66. The molecule has 0 N–H and O–H groups in total. The van der Waals surface area contributed by atoms with E-state index in [-0.39, 0.29) is 0 Å². The fourth-order valence-electron chi connectivity index (χ4n) is 1.19. The Morgan fingerprint density at radius 1 is 1.20 bits per heavy atom. The van der Waals surface area contributed by atoms with Gasteiger partial charge in [0.25, 0.3) is 0 Å². The Balaban J connectivity index is 1.72. The summed E-state index contributed by atoms with van der Waals surface area (Å²) in [5, 5.41) is 2.82. The lowest BCUT2D eigenvalue weighted by atomic mass is 10.1. The molecule has 1 saturated carbocycles. The molecule has 1 aliphatic rings. The molecule has 2 nitrogen and oxygen atoms in total. The van der Waals surface area contributed by atoms with E-state index in [1.54, 1.807) is 0 Å². The molecule has 0 bridgehead atoms. The summed E-state index contributed by atoms with van der Waals surface area (Å²) in [5.74, 6) is 1.05. The van der Waals surface area contributed by atoms with Crippen LogP contribution >= 0.6 is 0 Å². The van der Waals surface area contributed by atoms with Crippen molar-refractivity contribution in [3.05, 3.63) is 4.91 Å². The van der Waals surface area contributed by atoms with Gasteiger partial charge >= 0.3 is 0 Å². The van der Waals surface area contributed by atoms with Crippen LogP contribution in [0.15, 0.2) is 5.18 Å². The first kappa shape index (κ1) is 7.70. The zero-order chi connectivity index (χ0) is 7.23. The molecular formula is C8H15NO. The van der Waals surface area contributed by atoms with Crippen molar-refractivity contribution < 1.29 is 0 Å². The SMILES string of the molecule is O=NCCCCCC1CC1. The summed E-state index contributed by atoms with van der Waals surface area (Å²) in [7, 11) is 0. The van der Waals surface area contributed by atoms with Gasteiger partial charge in [-0.2, -0.15) is 4.91 Å². The molecule has 0 aromatic heterocycles. The van der Waals surface area contributed by atoms with Crippen LogP contribution in [-0.4, -0.2) is 6.54 Å². The van der Waals surface area contributed by atoms with E-state index in [0.29, 0.717) is 6.54 Å². The van der Waals surface area contributed by atoms with E-state index in [0.717, 1.165) is 12.3 Å². The third-order valence-electron chi connectivity index (χ3n) is 2.06. The lowest BCUT2D eigenvalue weighted by Gasteiger charge is -1.94. The fraction of sp³-hybridized carbons (Fsp3) is 1.00. The molecule has 0 aliphatic heterocycles. The van der Waals surface area contributed by atoms with Crippen LogP contribution in [0, 0.1) is 10.8 Å². The van der Waals surface area contributed by atoms with Gasteiger partial charge in [-0.05, 0) is 12.3 Å². The highest BCUT2D eigenvalue weighted by atomic mass is 16.3. The molecule has 0 radical (unpaired) electrons. The lowest BCUT2D eigenvalue weighted by Crippen LogP contribution is -1.82. The summed E-state index contributed by atoms with van der Waals surface area (Å²) in [6.45, 7) is 0.519. The largest absolute Gasteiger partial charge is 0.151 e. The second kappa shape index (κ2) is 4.42. The molecule has 0 aromatic rings. The van der Waals surface area contributed by atoms with Crippen molar-refractivity contribution in [1.29, 1.82) is 0 Å². The van der Waals surface area contributed by atoms with Crippen LogP contribution in [0.25, 0.3) is 0 Å². The van der Waals surface area contributed by atoms with Gasteiger partial charge in [-0.3, -0.25) is 0 Å². The summed E-state index contributed by atoms with van der Waals surface area (Å²) in [4.78, 5) is 9.66. The maximum absolute atomic E-state index is 9.66. The minimum absolute atomic E-state index is 0.519. The van der Waals surface area contributed by atoms with Crippen molar-refractivity contribution in [1.82, 2.24) is 0 Å². The number of hydrogen-bond donors (Lipinski definition) is 0. The van der Waals surface area contributed by atoms with Crippen molar-refractivity contribution >= 4 is 0 Å². The van der Waals surface area contributed by atoms with Gasteiger partial charge < -0.3 is 0 Å². The highest BCUT2D eigenvalue weighted by Gasteiger charge is 2.19. The van der Waals surface area contributed by atoms with Crippen molar-refractivity contribution in [2.45, 2.75) is 38.5 Å². The van der Waals surface area contributed by atoms with Crippen molar-refractivity contribution in [3.8, 4) is 0 Å². The van der Waals surface area contributed by atoms with Gasteiger partial charge in [0.1, 0.15) is 0 Å². The van der Waals surface area contributed by atoms with Crippen molar-refractivity contribution in [2.24, 2.45) is 11.1 Å². The van der Waals surface area contributed by atoms with Crippen LogP contribution in [0.4, 0.5) is 0 Å². The number of unbranched alkanes of at least 4 members (excludes halogenated alkanes) is 2. The summed E-state index contributed by atoms with van der Waals surface area (Å²) in [6.07, 6.45) is 7.79. The Hall–Kier alpha value is -0.400. The van der Waals surface area contributed by atoms with Crippen molar-refractivity contribution in [3.63, 3.8) is 0 Å². The Bertz CT molecular complexity index is 99.4. The number of rotatable bonds is 6. The van der Waals surface area contributed by atoms with E-state index >= 15 is 0 Å². The monoisotopic (exact) mass is 141 g/mol. The zero-order valence-electron chi connectivity index (χ0n) is 6.38. The van der Waals surface area contributed by atoms with E-state index < -0.39 is 0 Å². The number of nitroso groups, excluding NO2 is 1. The summed E-state index contributed by atoms with van der Waals surface area (Å²) >= 11 is 0. The molecule has 0 amide bonds. The van der Waals surface area contributed by atoms with Crippen molar-refractivity contribution in [2.75, 3.05) is 6.54 Å². The van der Waals surface area contributed by atoms with Gasteiger partial charge in [-0.15, -0.1) is 0 Å². The Kier molecular flexibility index (Phi) is 3.41. The van der Waals surface area contributed by atoms with E-state index in [4.69, 9.17) is 0 Å².